The lowest BCUT2D eigenvalue weighted by molar-refractivity contribution is 0.0455. The van der Waals surface area contributed by atoms with Crippen LogP contribution in [0.3, 0.4) is 0 Å². The molecule has 0 aliphatic heterocycles. The van der Waals surface area contributed by atoms with Crippen LogP contribution >= 0.6 is 11.6 Å². The molecule has 182 valence electrons. The largest absolute Gasteiger partial charge is 0.462 e. The van der Waals surface area contributed by atoms with Crippen molar-refractivity contribution in [1.82, 2.24) is 0 Å². The van der Waals surface area contributed by atoms with Crippen LogP contribution in [0.4, 0.5) is 0 Å². The van der Waals surface area contributed by atoms with Crippen molar-refractivity contribution in [3.8, 4) is 0 Å². The highest BCUT2D eigenvalue weighted by atomic mass is 35.5. The van der Waals surface area contributed by atoms with Gasteiger partial charge in [-0.2, -0.15) is 0 Å². The third kappa shape index (κ3) is 13.8. The van der Waals surface area contributed by atoms with Crippen LogP contribution in [0.15, 0.2) is 24.3 Å². The molecule has 0 saturated carbocycles. The zero-order valence-corrected chi connectivity index (χ0v) is 21.0. The van der Waals surface area contributed by atoms with Gasteiger partial charge >= 0.3 is 11.9 Å². The van der Waals surface area contributed by atoms with Crippen molar-refractivity contribution in [1.29, 1.82) is 0 Å². The van der Waals surface area contributed by atoms with Crippen molar-refractivity contribution in [3.05, 3.63) is 35.4 Å². The lowest BCUT2D eigenvalue weighted by Crippen LogP contribution is -2.17. The van der Waals surface area contributed by atoms with E-state index in [1.165, 1.54) is 77.0 Å². The molecule has 0 aliphatic carbocycles. The molecule has 32 heavy (non-hydrogen) atoms. The van der Waals surface area contributed by atoms with Crippen LogP contribution < -0.4 is 0 Å². The van der Waals surface area contributed by atoms with E-state index in [1.54, 1.807) is 31.2 Å². The normalized spacial score (nSPS) is 11.8. The molecular weight excluding hydrogens is 424 g/mol. The Labute approximate surface area is 200 Å². The summed E-state index contributed by atoms with van der Waals surface area (Å²) in [5.41, 5.74) is 0.459. The Morgan fingerprint density at radius 3 is 1.56 bits per heavy atom. The SMILES string of the molecule is CCCCCCCCCCCCCCCCOC(=O)c1ccccc1C(=O)OCC(C)Cl. The van der Waals surface area contributed by atoms with E-state index in [-0.39, 0.29) is 23.1 Å². The first-order chi connectivity index (χ1) is 15.6. The van der Waals surface area contributed by atoms with Crippen molar-refractivity contribution in [2.75, 3.05) is 13.2 Å². The molecule has 0 N–H and O–H groups in total. The van der Waals surface area contributed by atoms with Crippen molar-refractivity contribution in [2.45, 2.75) is 109 Å². The summed E-state index contributed by atoms with van der Waals surface area (Å²) in [6.45, 7) is 4.48. The number of unbranched alkanes of at least 4 members (excludes halogenated alkanes) is 13. The minimum absolute atomic E-state index is 0.100. The van der Waals surface area contributed by atoms with Gasteiger partial charge in [-0.3, -0.25) is 0 Å². The van der Waals surface area contributed by atoms with Crippen LogP contribution in [0.25, 0.3) is 0 Å². The second kappa shape index (κ2) is 19.0. The predicted molar refractivity (Wildman–Crippen MR) is 133 cm³/mol. The van der Waals surface area contributed by atoms with Gasteiger partial charge in [0.15, 0.2) is 0 Å². The fourth-order valence-corrected chi connectivity index (χ4v) is 3.71. The van der Waals surface area contributed by atoms with Gasteiger partial charge < -0.3 is 9.47 Å². The molecule has 0 fully saturated rings. The van der Waals surface area contributed by atoms with E-state index in [2.05, 4.69) is 6.92 Å². The van der Waals surface area contributed by atoms with E-state index >= 15 is 0 Å². The van der Waals surface area contributed by atoms with Gasteiger partial charge in [0, 0.05) is 0 Å². The van der Waals surface area contributed by atoms with Crippen molar-refractivity contribution in [2.24, 2.45) is 0 Å². The highest BCUT2D eigenvalue weighted by Crippen LogP contribution is 2.15. The van der Waals surface area contributed by atoms with E-state index in [9.17, 15) is 9.59 Å². The molecule has 0 spiro atoms. The number of hydrogen-bond acceptors (Lipinski definition) is 4. The van der Waals surface area contributed by atoms with Gasteiger partial charge in [-0.1, -0.05) is 103 Å². The first kappa shape index (κ1) is 28.5. The Bertz CT molecular complexity index is 630. The third-order valence-corrected chi connectivity index (χ3v) is 5.67. The topological polar surface area (TPSA) is 52.6 Å². The van der Waals surface area contributed by atoms with Gasteiger partial charge in [-0.05, 0) is 25.5 Å². The summed E-state index contributed by atoms with van der Waals surface area (Å²) in [5.74, 6) is -1.03. The standard InChI is InChI=1S/C27H43ClO4/c1-3-4-5-6-7-8-9-10-11-12-13-14-15-18-21-31-26(29)24-19-16-17-20-25(24)27(30)32-22-23(2)28/h16-17,19-20,23H,3-15,18,21-22H2,1-2H3. The summed E-state index contributed by atoms with van der Waals surface area (Å²) < 4.78 is 10.5. The first-order valence-corrected chi connectivity index (χ1v) is 13.1. The number of halogens is 1. The number of alkyl halides is 1. The number of hydrogen-bond donors (Lipinski definition) is 0. The van der Waals surface area contributed by atoms with Gasteiger partial charge in [0.25, 0.3) is 0 Å². The zero-order valence-electron chi connectivity index (χ0n) is 20.2. The minimum Gasteiger partial charge on any atom is -0.462 e. The second-order valence-electron chi connectivity index (χ2n) is 8.66. The maximum absolute atomic E-state index is 12.4. The molecule has 0 bridgehead atoms. The molecule has 0 saturated heterocycles. The minimum atomic E-state index is -0.554. The Morgan fingerprint density at radius 1 is 0.719 bits per heavy atom. The Morgan fingerprint density at radius 2 is 1.12 bits per heavy atom. The van der Waals surface area contributed by atoms with Crippen LogP contribution in [0.1, 0.15) is 124 Å². The highest BCUT2D eigenvalue weighted by molar-refractivity contribution is 6.20. The summed E-state index contributed by atoms with van der Waals surface area (Å²) >= 11 is 5.82. The lowest BCUT2D eigenvalue weighted by Gasteiger charge is -2.10. The molecule has 1 atom stereocenters. The molecule has 1 aromatic rings. The molecule has 5 heteroatoms. The average Bonchev–Trinajstić information content (AvgIpc) is 2.79. The summed E-state index contributed by atoms with van der Waals surface area (Å²) in [5, 5.41) is -0.279. The second-order valence-corrected chi connectivity index (χ2v) is 9.40. The number of esters is 2. The van der Waals surface area contributed by atoms with Gasteiger partial charge in [0.2, 0.25) is 0 Å². The Hall–Kier alpha value is -1.55. The van der Waals surface area contributed by atoms with Crippen molar-refractivity contribution in [3.63, 3.8) is 0 Å². The molecule has 0 aromatic heterocycles. The first-order valence-electron chi connectivity index (χ1n) is 12.6. The summed E-state index contributed by atoms with van der Waals surface area (Å²) in [7, 11) is 0. The molecule has 4 nitrogen and oxygen atoms in total. The fourth-order valence-electron chi connectivity index (χ4n) is 3.65. The van der Waals surface area contributed by atoms with E-state index in [0.717, 1.165) is 12.8 Å². The van der Waals surface area contributed by atoms with Gasteiger partial charge in [-0.25, -0.2) is 9.59 Å². The number of ether oxygens (including phenoxy) is 2. The lowest BCUT2D eigenvalue weighted by atomic mass is 10.0. The average molecular weight is 467 g/mol. The monoisotopic (exact) mass is 466 g/mol. The van der Waals surface area contributed by atoms with Gasteiger partial charge in [0.1, 0.15) is 6.61 Å². The molecule has 1 rings (SSSR count). The maximum atomic E-state index is 12.4. The number of rotatable bonds is 19. The highest BCUT2D eigenvalue weighted by Gasteiger charge is 2.19. The number of carbonyl (C=O) groups excluding carboxylic acids is 2. The molecule has 0 heterocycles. The maximum Gasteiger partial charge on any atom is 0.339 e. The molecule has 1 aromatic carbocycles. The molecule has 0 aliphatic rings. The molecule has 1 unspecified atom stereocenters. The zero-order chi connectivity index (χ0) is 23.4. The van der Waals surface area contributed by atoms with E-state index in [1.807, 2.05) is 0 Å². The van der Waals surface area contributed by atoms with Crippen molar-refractivity contribution < 1.29 is 19.1 Å². The van der Waals surface area contributed by atoms with Crippen molar-refractivity contribution >= 4 is 23.5 Å². The quantitative estimate of drug-likeness (QED) is 0.117. The smallest absolute Gasteiger partial charge is 0.339 e. The van der Waals surface area contributed by atoms with Gasteiger partial charge in [-0.15, -0.1) is 11.6 Å². The van der Waals surface area contributed by atoms with Crippen LogP contribution in [-0.4, -0.2) is 30.5 Å². The fraction of sp³-hybridized carbons (Fsp3) is 0.704. The van der Waals surface area contributed by atoms with Crippen LogP contribution in [0.5, 0.6) is 0 Å². The molecular formula is C27H43ClO4. The summed E-state index contributed by atoms with van der Waals surface area (Å²) in [6.07, 6.45) is 18.0. The Balaban J connectivity index is 2.08. The predicted octanol–water partition coefficient (Wildman–Crippen LogP) is 8.11. The van der Waals surface area contributed by atoms with E-state index in [4.69, 9.17) is 21.1 Å². The number of carbonyl (C=O) groups is 2. The molecule has 0 amide bonds. The Kier molecular flexibility index (Phi) is 16.9. The summed E-state index contributed by atoms with van der Waals surface area (Å²) in [4.78, 5) is 24.6. The summed E-state index contributed by atoms with van der Waals surface area (Å²) in [6, 6.07) is 6.58. The van der Waals surface area contributed by atoms with E-state index < -0.39 is 11.9 Å². The van der Waals surface area contributed by atoms with Gasteiger partial charge in [0.05, 0.1) is 23.1 Å². The van der Waals surface area contributed by atoms with E-state index in [0.29, 0.717) is 6.61 Å². The van der Waals surface area contributed by atoms with Crippen LogP contribution in [-0.2, 0) is 9.47 Å². The molecule has 0 radical (unpaired) electrons. The van der Waals surface area contributed by atoms with Crippen LogP contribution in [0, 0.1) is 0 Å². The van der Waals surface area contributed by atoms with Crippen LogP contribution in [0.2, 0.25) is 0 Å². The third-order valence-electron chi connectivity index (χ3n) is 5.54. The number of benzene rings is 1.